The van der Waals surface area contributed by atoms with Crippen molar-refractivity contribution in [2.45, 2.75) is 31.9 Å². The van der Waals surface area contributed by atoms with Crippen LogP contribution >= 0.6 is 34.8 Å². The molecule has 1 aliphatic carbocycles. The number of amides is 1. The predicted octanol–water partition coefficient (Wildman–Crippen LogP) is 3.69. The fourth-order valence-corrected chi connectivity index (χ4v) is 1.97. The topological polar surface area (TPSA) is 38.3 Å². The minimum atomic E-state index is -0.625. The molecular formula is C12H12Cl3NO2. The molecule has 0 aromatic heterocycles. The second-order valence-electron chi connectivity index (χ2n) is 4.24. The number of nitrogens with one attached hydrogen (secondary N) is 1. The van der Waals surface area contributed by atoms with Gasteiger partial charge in [-0.25, -0.2) is 0 Å². The zero-order valence-electron chi connectivity index (χ0n) is 9.67. The van der Waals surface area contributed by atoms with Gasteiger partial charge in [-0.2, -0.15) is 0 Å². The molecule has 1 atom stereocenters. The molecule has 1 aliphatic rings. The van der Waals surface area contributed by atoms with E-state index < -0.39 is 6.10 Å². The minimum Gasteiger partial charge on any atom is -0.479 e. The van der Waals surface area contributed by atoms with Crippen LogP contribution in [0.2, 0.25) is 15.1 Å². The Morgan fingerprint density at radius 3 is 2.50 bits per heavy atom. The molecule has 0 unspecified atom stereocenters. The van der Waals surface area contributed by atoms with E-state index in [4.69, 9.17) is 39.5 Å². The van der Waals surface area contributed by atoms with E-state index in [2.05, 4.69) is 5.32 Å². The molecule has 0 aliphatic heterocycles. The van der Waals surface area contributed by atoms with Crippen LogP contribution in [-0.4, -0.2) is 18.1 Å². The predicted molar refractivity (Wildman–Crippen MR) is 72.7 cm³/mol. The first-order valence-electron chi connectivity index (χ1n) is 5.59. The van der Waals surface area contributed by atoms with Gasteiger partial charge in [0.15, 0.2) is 6.10 Å². The average Bonchev–Trinajstić information content (AvgIpc) is 3.09. The highest BCUT2D eigenvalue weighted by molar-refractivity contribution is 6.43. The van der Waals surface area contributed by atoms with E-state index in [-0.39, 0.29) is 5.91 Å². The van der Waals surface area contributed by atoms with Gasteiger partial charge in [-0.05, 0) is 25.8 Å². The van der Waals surface area contributed by atoms with Gasteiger partial charge in [-0.1, -0.05) is 34.8 Å². The Hall–Kier alpha value is -0.640. The SMILES string of the molecule is C[C@H](Oc1cc(Cl)c(Cl)cc1Cl)C(=O)NC1CC1. The van der Waals surface area contributed by atoms with Gasteiger partial charge in [0.1, 0.15) is 5.75 Å². The van der Waals surface area contributed by atoms with E-state index in [1.807, 2.05) is 0 Å². The summed E-state index contributed by atoms with van der Waals surface area (Å²) in [5, 5.41) is 3.87. The van der Waals surface area contributed by atoms with Crippen molar-refractivity contribution in [3.63, 3.8) is 0 Å². The molecule has 1 fully saturated rings. The van der Waals surface area contributed by atoms with Gasteiger partial charge in [-0.15, -0.1) is 0 Å². The second-order valence-corrected chi connectivity index (χ2v) is 5.46. The van der Waals surface area contributed by atoms with Gasteiger partial charge in [0.05, 0.1) is 15.1 Å². The van der Waals surface area contributed by atoms with Gasteiger partial charge in [-0.3, -0.25) is 4.79 Å². The molecule has 0 radical (unpaired) electrons. The van der Waals surface area contributed by atoms with Crippen molar-refractivity contribution in [2.24, 2.45) is 0 Å². The largest absolute Gasteiger partial charge is 0.479 e. The highest BCUT2D eigenvalue weighted by atomic mass is 35.5. The summed E-state index contributed by atoms with van der Waals surface area (Å²) in [6, 6.07) is 3.30. The lowest BCUT2D eigenvalue weighted by Gasteiger charge is -2.16. The first-order valence-corrected chi connectivity index (χ1v) is 6.72. The molecular weight excluding hydrogens is 296 g/mol. The van der Waals surface area contributed by atoms with Crippen molar-refractivity contribution >= 4 is 40.7 Å². The highest BCUT2D eigenvalue weighted by Crippen LogP contribution is 2.34. The average molecular weight is 309 g/mol. The molecule has 1 aromatic rings. The van der Waals surface area contributed by atoms with Crippen molar-refractivity contribution in [3.05, 3.63) is 27.2 Å². The molecule has 2 rings (SSSR count). The molecule has 0 spiro atoms. The van der Waals surface area contributed by atoms with Gasteiger partial charge < -0.3 is 10.1 Å². The van der Waals surface area contributed by atoms with Crippen molar-refractivity contribution < 1.29 is 9.53 Å². The molecule has 0 bridgehead atoms. The molecule has 1 aromatic carbocycles. The lowest BCUT2D eigenvalue weighted by atomic mass is 10.3. The first-order chi connectivity index (χ1) is 8.47. The Bertz CT molecular complexity index is 475. The van der Waals surface area contributed by atoms with E-state index in [0.717, 1.165) is 12.8 Å². The van der Waals surface area contributed by atoms with Gasteiger partial charge in [0.2, 0.25) is 0 Å². The molecule has 0 heterocycles. The zero-order chi connectivity index (χ0) is 13.3. The minimum absolute atomic E-state index is 0.153. The van der Waals surface area contributed by atoms with Crippen molar-refractivity contribution in [1.29, 1.82) is 0 Å². The lowest BCUT2D eigenvalue weighted by Crippen LogP contribution is -2.37. The molecule has 18 heavy (non-hydrogen) atoms. The molecule has 6 heteroatoms. The first kappa shape index (κ1) is 13.8. The quantitative estimate of drug-likeness (QED) is 0.861. The van der Waals surface area contributed by atoms with Crippen LogP contribution in [0, 0.1) is 0 Å². The zero-order valence-corrected chi connectivity index (χ0v) is 11.9. The highest BCUT2D eigenvalue weighted by Gasteiger charge is 2.26. The smallest absolute Gasteiger partial charge is 0.260 e. The van der Waals surface area contributed by atoms with E-state index in [9.17, 15) is 4.79 Å². The van der Waals surface area contributed by atoms with Crippen molar-refractivity contribution in [2.75, 3.05) is 0 Å². The van der Waals surface area contributed by atoms with E-state index in [1.54, 1.807) is 6.92 Å². The summed E-state index contributed by atoms with van der Waals surface area (Å²) < 4.78 is 5.48. The maximum absolute atomic E-state index is 11.7. The third-order valence-electron chi connectivity index (χ3n) is 2.57. The van der Waals surface area contributed by atoms with Crippen molar-refractivity contribution in [1.82, 2.24) is 5.32 Å². The van der Waals surface area contributed by atoms with Crippen molar-refractivity contribution in [3.8, 4) is 5.75 Å². The fraction of sp³-hybridized carbons (Fsp3) is 0.417. The Labute approximate surface area is 120 Å². The maximum Gasteiger partial charge on any atom is 0.260 e. The van der Waals surface area contributed by atoms with E-state index in [1.165, 1.54) is 12.1 Å². The number of carbonyl (C=O) groups is 1. The standard InChI is InChI=1S/C12H12Cl3NO2/c1-6(12(17)16-7-2-3-7)18-11-5-9(14)8(13)4-10(11)15/h4-7H,2-3H2,1H3,(H,16,17)/t6-/m0/s1. The molecule has 0 saturated heterocycles. The maximum atomic E-state index is 11.7. The van der Waals surface area contributed by atoms with Gasteiger partial charge in [0, 0.05) is 12.1 Å². The van der Waals surface area contributed by atoms with Crippen LogP contribution in [0.5, 0.6) is 5.75 Å². The summed E-state index contributed by atoms with van der Waals surface area (Å²) in [5.41, 5.74) is 0. The van der Waals surface area contributed by atoms with Crippen LogP contribution in [0.15, 0.2) is 12.1 Å². The summed E-state index contributed by atoms with van der Waals surface area (Å²) in [5.74, 6) is 0.198. The Morgan fingerprint density at radius 2 is 1.89 bits per heavy atom. The fourth-order valence-electron chi connectivity index (χ4n) is 1.38. The molecule has 1 amide bonds. The van der Waals surface area contributed by atoms with Gasteiger partial charge in [0.25, 0.3) is 5.91 Å². The van der Waals surface area contributed by atoms with Crippen LogP contribution in [0.1, 0.15) is 19.8 Å². The molecule has 1 N–H and O–H groups in total. The normalized spacial score (nSPS) is 16.2. The van der Waals surface area contributed by atoms with E-state index in [0.29, 0.717) is 26.9 Å². The van der Waals surface area contributed by atoms with Crippen LogP contribution in [0.3, 0.4) is 0 Å². The van der Waals surface area contributed by atoms with Crippen LogP contribution in [-0.2, 0) is 4.79 Å². The third kappa shape index (κ3) is 3.44. The number of rotatable bonds is 4. The third-order valence-corrected chi connectivity index (χ3v) is 3.59. The number of carbonyl (C=O) groups excluding carboxylic acids is 1. The molecule has 1 saturated carbocycles. The summed E-state index contributed by atoms with van der Waals surface area (Å²) in [7, 11) is 0. The van der Waals surface area contributed by atoms with Gasteiger partial charge >= 0.3 is 0 Å². The monoisotopic (exact) mass is 307 g/mol. The number of hydrogen-bond donors (Lipinski definition) is 1. The van der Waals surface area contributed by atoms with Crippen LogP contribution in [0.4, 0.5) is 0 Å². The summed E-state index contributed by atoms with van der Waals surface area (Å²) in [4.78, 5) is 11.7. The molecule has 3 nitrogen and oxygen atoms in total. The summed E-state index contributed by atoms with van der Waals surface area (Å²) in [6.45, 7) is 1.66. The summed E-state index contributed by atoms with van der Waals surface area (Å²) in [6.07, 6.45) is 1.44. The summed E-state index contributed by atoms with van der Waals surface area (Å²) >= 11 is 17.7. The van der Waals surface area contributed by atoms with E-state index >= 15 is 0 Å². The Balaban J connectivity index is 2.03. The number of hydrogen-bond acceptors (Lipinski definition) is 2. The number of benzene rings is 1. The van der Waals surface area contributed by atoms with Crippen LogP contribution < -0.4 is 10.1 Å². The lowest BCUT2D eigenvalue weighted by molar-refractivity contribution is -0.127. The number of ether oxygens (including phenoxy) is 1. The molecule has 98 valence electrons. The number of halogens is 3. The Kier molecular flexibility index (Phi) is 4.25. The second kappa shape index (κ2) is 5.55. The van der Waals surface area contributed by atoms with Crippen LogP contribution in [0.25, 0.3) is 0 Å². The Morgan fingerprint density at radius 1 is 1.28 bits per heavy atom.